The van der Waals surface area contributed by atoms with Gasteiger partial charge in [-0.15, -0.1) is 0 Å². The van der Waals surface area contributed by atoms with Crippen LogP contribution >= 0.6 is 0 Å². The summed E-state index contributed by atoms with van der Waals surface area (Å²) in [5, 5.41) is 14.4. The SMILES string of the molecule is c1ccc(-c2n[nH]c(CCCCc3nc(-c4ccccn4)n[nH]3)n2)nc1. The van der Waals surface area contributed by atoms with Crippen molar-refractivity contribution in [2.24, 2.45) is 0 Å². The van der Waals surface area contributed by atoms with Gasteiger partial charge in [0.05, 0.1) is 0 Å². The quantitative estimate of drug-likeness (QED) is 0.498. The maximum Gasteiger partial charge on any atom is 0.199 e. The number of nitrogens with one attached hydrogen (secondary N) is 2. The number of aryl methyl sites for hydroxylation is 2. The first-order valence-electron chi connectivity index (χ1n) is 8.54. The summed E-state index contributed by atoms with van der Waals surface area (Å²) in [6.07, 6.45) is 7.11. The highest BCUT2D eigenvalue weighted by Gasteiger charge is 2.08. The van der Waals surface area contributed by atoms with Crippen molar-refractivity contribution in [3.8, 4) is 23.0 Å². The Labute approximate surface area is 150 Å². The molecule has 8 heteroatoms. The molecule has 2 N–H and O–H groups in total. The first-order valence-corrected chi connectivity index (χ1v) is 8.54. The number of unbranched alkanes of at least 4 members (excludes halogenated alkanes) is 1. The summed E-state index contributed by atoms with van der Waals surface area (Å²) in [7, 11) is 0. The predicted octanol–water partition coefficient (Wildman–Crippen LogP) is 2.61. The fourth-order valence-electron chi connectivity index (χ4n) is 2.62. The van der Waals surface area contributed by atoms with Gasteiger partial charge in [-0.1, -0.05) is 12.1 Å². The molecule has 0 spiro atoms. The summed E-state index contributed by atoms with van der Waals surface area (Å²) >= 11 is 0. The third kappa shape index (κ3) is 3.80. The average molecular weight is 346 g/mol. The second-order valence-electron chi connectivity index (χ2n) is 5.85. The van der Waals surface area contributed by atoms with Gasteiger partial charge < -0.3 is 0 Å². The summed E-state index contributed by atoms with van der Waals surface area (Å²) in [6.45, 7) is 0. The highest BCUT2D eigenvalue weighted by molar-refractivity contribution is 5.48. The Hall–Kier alpha value is -3.42. The van der Waals surface area contributed by atoms with Gasteiger partial charge in [-0.05, 0) is 37.1 Å². The molecule has 0 amide bonds. The van der Waals surface area contributed by atoms with Crippen molar-refractivity contribution in [3.05, 3.63) is 60.4 Å². The summed E-state index contributed by atoms with van der Waals surface area (Å²) < 4.78 is 0. The minimum atomic E-state index is 0.635. The predicted molar refractivity (Wildman–Crippen MR) is 95.9 cm³/mol. The standard InChI is InChI=1S/C18H18N8/c1(9-15-21-17(25-23-15)13-7-3-5-11-19-13)2-10-16-22-18(26-24-16)14-8-4-6-12-20-14/h3-8,11-12H,1-2,9-10H2,(H,21,23,25)(H,22,24,26). The van der Waals surface area contributed by atoms with Crippen molar-refractivity contribution in [3.63, 3.8) is 0 Å². The Morgan fingerprint density at radius 3 is 1.58 bits per heavy atom. The van der Waals surface area contributed by atoms with E-state index >= 15 is 0 Å². The highest BCUT2D eigenvalue weighted by Crippen LogP contribution is 2.13. The Morgan fingerprint density at radius 1 is 0.654 bits per heavy atom. The molecule has 8 nitrogen and oxygen atoms in total. The van der Waals surface area contributed by atoms with Crippen LogP contribution < -0.4 is 0 Å². The lowest BCUT2D eigenvalue weighted by Crippen LogP contribution is -1.93. The third-order valence-electron chi connectivity index (χ3n) is 3.93. The minimum Gasteiger partial charge on any atom is -0.263 e. The van der Waals surface area contributed by atoms with Crippen molar-refractivity contribution >= 4 is 0 Å². The van der Waals surface area contributed by atoms with Crippen LogP contribution in [0.1, 0.15) is 24.5 Å². The number of hydrogen-bond acceptors (Lipinski definition) is 6. The second-order valence-corrected chi connectivity index (χ2v) is 5.85. The molecule has 4 aromatic rings. The molecule has 0 aromatic carbocycles. The van der Waals surface area contributed by atoms with E-state index in [1.807, 2.05) is 36.4 Å². The lowest BCUT2D eigenvalue weighted by atomic mass is 10.2. The van der Waals surface area contributed by atoms with Gasteiger partial charge in [0, 0.05) is 25.2 Å². The van der Waals surface area contributed by atoms with E-state index < -0.39 is 0 Å². The number of H-pyrrole nitrogens is 2. The fourth-order valence-corrected chi connectivity index (χ4v) is 2.62. The number of pyridine rings is 2. The molecule has 0 saturated heterocycles. The summed E-state index contributed by atoms with van der Waals surface area (Å²) in [5.74, 6) is 3.02. The van der Waals surface area contributed by atoms with Crippen LogP contribution in [0.2, 0.25) is 0 Å². The van der Waals surface area contributed by atoms with Crippen molar-refractivity contribution in [2.75, 3.05) is 0 Å². The van der Waals surface area contributed by atoms with Gasteiger partial charge in [-0.25, -0.2) is 9.97 Å². The molecule has 0 atom stereocenters. The summed E-state index contributed by atoms with van der Waals surface area (Å²) in [6, 6.07) is 11.4. The smallest absolute Gasteiger partial charge is 0.199 e. The van der Waals surface area contributed by atoms with E-state index in [1.54, 1.807) is 12.4 Å². The van der Waals surface area contributed by atoms with E-state index in [0.717, 1.165) is 48.7 Å². The topological polar surface area (TPSA) is 109 Å². The number of rotatable bonds is 7. The molecule has 4 rings (SSSR count). The van der Waals surface area contributed by atoms with E-state index in [4.69, 9.17) is 0 Å². The van der Waals surface area contributed by atoms with Crippen LogP contribution in [-0.4, -0.2) is 40.3 Å². The Kier molecular flexibility index (Phi) is 4.72. The van der Waals surface area contributed by atoms with E-state index in [9.17, 15) is 0 Å². The van der Waals surface area contributed by atoms with Gasteiger partial charge in [-0.3, -0.25) is 20.2 Å². The molecule has 0 bridgehead atoms. The van der Waals surface area contributed by atoms with E-state index in [2.05, 4.69) is 40.3 Å². The van der Waals surface area contributed by atoms with Crippen molar-refractivity contribution in [1.82, 2.24) is 40.3 Å². The Bertz CT molecular complexity index is 866. The molecule has 0 radical (unpaired) electrons. The molecule has 0 aliphatic carbocycles. The zero-order valence-electron chi connectivity index (χ0n) is 14.1. The van der Waals surface area contributed by atoms with E-state index in [-0.39, 0.29) is 0 Å². The molecule has 0 unspecified atom stereocenters. The fraction of sp³-hybridized carbons (Fsp3) is 0.222. The third-order valence-corrected chi connectivity index (χ3v) is 3.93. The van der Waals surface area contributed by atoms with Crippen LogP contribution in [0.25, 0.3) is 23.0 Å². The van der Waals surface area contributed by atoms with Gasteiger partial charge in [-0.2, -0.15) is 10.2 Å². The minimum absolute atomic E-state index is 0.635. The summed E-state index contributed by atoms with van der Waals surface area (Å²) in [5.41, 5.74) is 1.55. The second kappa shape index (κ2) is 7.64. The number of aromatic nitrogens is 8. The lowest BCUT2D eigenvalue weighted by molar-refractivity contribution is 0.690. The first kappa shape index (κ1) is 16.1. The molecule has 0 saturated carbocycles. The van der Waals surface area contributed by atoms with Crippen LogP contribution in [-0.2, 0) is 12.8 Å². The molecule has 0 aliphatic heterocycles. The molecule has 0 aliphatic rings. The lowest BCUT2D eigenvalue weighted by Gasteiger charge is -1.96. The van der Waals surface area contributed by atoms with Crippen LogP contribution in [0.3, 0.4) is 0 Å². The Balaban J connectivity index is 1.27. The van der Waals surface area contributed by atoms with E-state index in [0.29, 0.717) is 11.6 Å². The molecule has 4 heterocycles. The van der Waals surface area contributed by atoms with Crippen LogP contribution in [0.5, 0.6) is 0 Å². The largest absolute Gasteiger partial charge is 0.263 e. The van der Waals surface area contributed by atoms with Crippen molar-refractivity contribution in [2.45, 2.75) is 25.7 Å². The highest BCUT2D eigenvalue weighted by atomic mass is 15.2. The number of hydrogen-bond donors (Lipinski definition) is 2. The monoisotopic (exact) mass is 346 g/mol. The maximum atomic E-state index is 4.50. The van der Waals surface area contributed by atoms with Crippen LogP contribution in [0.4, 0.5) is 0 Å². The van der Waals surface area contributed by atoms with Crippen LogP contribution in [0.15, 0.2) is 48.8 Å². The number of nitrogens with zero attached hydrogens (tertiary/aromatic N) is 6. The van der Waals surface area contributed by atoms with Gasteiger partial charge in [0.25, 0.3) is 0 Å². The first-order chi connectivity index (χ1) is 12.9. The molecule has 130 valence electrons. The zero-order valence-corrected chi connectivity index (χ0v) is 14.1. The van der Waals surface area contributed by atoms with Crippen molar-refractivity contribution in [1.29, 1.82) is 0 Å². The molecule has 0 fully saturated rings. The molecule has 26 heavy (non-hydrogen) atoms. The number of aromatic amines is 2. The molecular formula is C18H18N8. The van der Waals surface area contributed by atoms with Gasteiger partial charge >= 0.3 is 0 Å². The van der Waals surface area contributed by atoms with Gasteiger partial charge in [0.15, 0.2) is 11.6 Å². The molecule has 4 aromatic heterocycles. The summed E-state index contributed by atoms with van der Waals surface area (Å²) in [4.78, 5) is 17.5. The molecular weight excluding hydrogens is 328 g/mol. The average Bonchev–Trinajstić information content (AvgIpc) is 3.37. The van der Waals surface area contributed by atoms with Crippen LogP contribution in [0, 0.1) is 0 Å². The van der Waals surface area contributed by atoms with E-state index in [1.165, 1.54) is 0 Å². The van der Waals surface area contributed by atoms with Gasteiger partial charge in [0.2, 0.25) is 0 Å². The Morgan fingerprint density at radius 2 is 1.15 bits per heavy atom. The zero-order chi connectivity index (χ0) is 17.6. The van der Waals surface area contributed by atoms with Gasteiger partial charge in [0.1, 0.15) is 23.0 Å². The normalized spacial score (nSPS) is 10.9. The van der Waals surface area contributed by atoms with Crippen molar-refractivity contribution < 1.29 is 0 Å². The maximum absolute atomic E-state index is 4.50.